The first-order valence-electron chi connectivity index (χ1n) is 6.93. The van der Waals surface area contributed by atoms with Gasteiger partial charge in [0.1, 0.15) is 5.52 Å². The van der Waals surface area contributed by atoms with Gasteiger partial charge in [0.15, 0.2) is 0 Å². The van der Waals surface area contributed by atoms with Crippen molar-refractivity contribution >= 4 is 22.7 Å². The van der Waals surface area contributed by atoms with Crippen molar-refractivity contribution in [2.45, 2.75) is 6.92 Å². The molecule has 0 aliphatic carbocycles. The average Bonchev–Trinajstić information content (AvgIpc) is 2.78. The van der Waals surface area contributed by atoms with Gasteiger partial charge in [-0.3, -0.25) is 14.7 Å². The molecule has 1 N–H and O–H groups in total. The Morgan fingerprint density at radius 3 is 2.71 bits per heavy atom. The smallest absolute Gasteiger partial charge is 0.256 e. The second-order valence-electron chi connectivity index (χ2n) is 5.69. The molecule has 21 heavy (non-hydrogen) atoms. The number of aromatic amines is 1. The standard InChI is InChI=1S/C15H18N4O2/c1-9-11-5-4-6-12(13(11)17-16-9)15(21)19-7-10(8-19)14(20)18(2)3/h4-6,10H,7-8H2,1-3H3,(H,16,17). The zero-order chi connectivity index (χ0) is 15.1. The number of hydrogen-bond acceptors (Lipinski definition) is 3. The van der Waals surface area contributed by atoms with Gasteiger partial charge in [-0.1, -0.05) is 12.1 Å². The third-order valence-electron chi connectivity index (χ3n) is 3.96. The van der Waals surface area contributed by atoms with Gasteiger partial charge in [0.05, 0.1) is 11.5 Å². The van der Waals surface area contributed by atoms with Crippen LogP contribution < -0.4 is 0 Å². The number of hydrogen-bond donors (Lipinski definition) is 1. The van der Waals surface area contributed by atoms with E-state index in [2.05, 4.69) is 10.2 Å². The lowest BCUT2D eigenvalue weighted by atomic mass is 9.97. The van der Waals surface area contributed by atoms with Gasteiger partial charge in [0.25, 0.3) is 5.91 Å². The molecule has 0 bridgehead atoms. The molecule has 2 aromatic rings. The monoisotopic (exact) mass is 286 g/mol. The minimum atomic E-state index is -0.0796. The molecule has 6 heteroatoms. The Morgan fingerprint density at radius 2 is 2.05 bits per heavy atom. The lowest BCUT2D eigenvalue weighted by molar-refractivity contribution is -0.137. The first-order valence-corrected chi connectivity index (χ1v) is 6.93. The van der Waals surface area contributed by atoms with E-state index >= 15 is 0 Å². The number of likely N-dealkylation sites (tertiary alicyclic amines) is 1. The quantitative estimate of drug-likeness (QED) is 0.896. The summed E-state index contributed by atoms with van der Waals surface area (Å²) < 4.78 is 0. The lowest BCUT2D eigenvalue weighted by Gasteiger charge is -2.39. The molecule has 0 saturated carbocycles. The van der Waals surface area contributed by atoms with Crippen LogP contribution in [-0.2, 0) is 4.79 Å². The SMILES string of the molecule is Cc1[nH]nc2c(C(=O)N3CC(C(=O)N(C)C)C3)cccc12. The van der Waals surface area contributed by atoms with E-state index in [1.165, 1.54) is 0 Å². The molecule has 2 amide bonds. The summed E-state index contributed by atoms with van der Waals surface area (Å²) in [6.45, 7) is 2.89. The normalized spacial score (nSPS) is 15.1. The molecule has 0 radical (unpaired) electrons. The highest BCUT2D eigenvalue weighted by molar-refractivity contribution is 6.06. The summed E-state index contributed by atoms with van der Waals surface area (Å²) in [7, 11) is 3.47. The van der Waals surface area contributed by atoms with Crippen LogP contribution in [0.25, 0.3) is 10.9 Å². The summed E-state index contributed by atoms with van der Waals surface area (Å²) in [6.07, 6.45) is 0. The molecule has 1 aliphatic heterocycles. The summed E-state index contributed by atoms with van der Waals surface area (Å²) in [6, 6.07) is 5.59. The van der Waals surface area contributed by atoms with Crippen LogP contribution in [0.1, 0.15) is 16.1 Å². The van der Waals surface area contributed by atoms with Crippen molar-refractivity contribution in [1.82, 2.24) is 20.0 Å². The third-order valence-corrected chi connectivity index (χ3v) is 3.96. The molecule has 110 valence electrons. The molecule has 2 heterocycles. The van der Waals surface area contributed by atoms with Gasteiger partial charge in [-0.15, -0.1) is 0 Å². The maximum absolute atomic E-state index is 12.5. The number of aromatic nitrogens is 2. The van der Waals surface area contributed by atoms with Gasteiger partial charge in [-0.2, -0.15) is 5.10 Å². The fraction of sp³-hybridized carbons (Fsp3) is 0.400. The van der Waals surface area contributed by atoms with Crippen molar-refractivity contribution in [3.8, 4) is 0 Å². The molecular weight excluding hydrogens is 268 g/mol. The number of rotatable bonds is 2. The first kappa shape index (κ1) is 13.6. The molecule has 1 aromatic heterocycles. The Bertz CT molecular complexity index is 714. The predicted octanol–water partition coefficient (Wildman–Crippen LogP) is 1.03. The Morgan fingerprint density at radius 1 is 1.33 bits per heavy atom. The van der Waals surface area contributed by atoms with Gasteiger partial charge >= 0.3 is 0 Å². The summed E-state index contributed by atoms with van der Waals surface area (Å²) in [4.78, 5) is 27.6. The van der Waals surface area contributed by atoms with E-state index < -0.39 is 0 Å². The van der Waals surface area contributed by atoms with Crippen molar-refractivity contribution < 1.29 is 9.59 Å². The maximum atomic E-state index is 12.5. The summed E-state index contributed by atoms with van der Waals surface area (Å²) in [5.41, 5.74) is 2.24. The van der Waals surface area contributed by atoms with Crippen molar-refractivity contribution in [3.05, 3.63) is 29.5 Å². The van der Waals surface area contributed by atoms with Crippen LogP contribution in [0.15, 0.2) is 18.2 Å². The van der Waals surface area contributed by atoms with Crippen molar-refractivity contribution in [1.29, 1.82) is 0 Å². The number of carbonyl (C=O) groups is 2. The van der Waals surface area contributed by atoms with Crippen LogP contribution in [0.5, 0.6) is 0 Å². The Labute approximate surface area is 122 Å². The fourth-order valence-electron chi connectivity index (χ4n) is 2.68. The number of nitrogens with one attached hydrogen (secondary N) is 1. The van der Waals surface area contributed by atoms with Gasteiger partial charge in [-0.05, 0) is 13.0 Å². The highest BCUT2D eigenvalue weighted by atomic mass is 16.2. The topological polar surface area (TPSA) is 69.3 Å². The van der Waals surface area contributed by atoms with Crippen molar-refractivity contribution in [3.63, 3.8) is 0 Å². The summed E-state index contributed by atoms with van der Waals surface area (Å²) in [5.74, 6) is -0.0631. The second-order valence-corrected chi connectivity index (χ2v) is 5.69. The van der Waals surface area contributed by atoms with E-state index in [-0.39, 0.29) is 17.7 Å². The molecule has 3 rings (SSSR count). The van der Waals surface area contributed by atoms with Gasteiger partial charge in [0.2, 0.25) is 5.91 Å². The maximum Gasteiger partial charge on any atom is 0.256 e. The lowest BCUT2D eigenvalue weighted by Crippen LogP contribution is -2.55. The number of aryl methyl sites for hydroxylation is 1. The Balaban J connectivity index is 1.79. The number of amides is 2. The van der Waals surface area contributed by atoms with E-state index in [0.717, 1.165) is 11.1 Å². The highest BCUT2D eigenvalue weighted by Crippen LogP contribution is 2.24. The molecule has 0 atom stereocenters. The van der Waals surface area contributed by atoms with Gasteiger partial charge in [-0.25, -0.2) is 0 Å². The largest absolute Gasteiger partial charge is 0.348 e. The molecular formula is C15H18N4O2. The molecule has 1 aliphatic rings. The molecule has 1 fully saturated rings. The number of fused-ring (bicyclic) bond motifs is 1. The summed E-state index contributed by atoms with van der Waals surface area (Å²) in [5, 5.41) is 8.08. The second kappa shape index (κ2) is 4.87. The fourth-order valence-corrected chi connectivity index (χ4v) is 2.68. The number of H-pyrrole nitrogens is 1. The van der Waals surface area contributed by atoms with E-state index in [0.29, 0.717) is 24.2 Å². The van der Waals surface area contributed by atoms with Crippen molar-refractivity contribution in [2.75, 3.05) is 27.2 Å². The number of carbonyl (C=O) groups excluding carboxylic acids is 2. The first-order chi connectivity index (χ1) is 9.99. The summed E-state index contributed by atoms with van der Waals surface area (Å²) >= 11 is 0. The van der Waals surface area contributed by atoms with E-state index in [1.807, 2.05) is 19.1 Å². The molecule has 6 nitrogen and oxygen atoms in total. The van der Waals surface area contributed by atoms with Crippen LogP contribution in [-0.4, -0.2) is 59.0 Å². The molecule has 0 unspecified atom stereocenters. The van der Waals surface area contributed by atoms with Crippen LogP contribution >= 0.6 is 0 Å². The van der Waals surface area contributed by atoms with E-state index in [4.69, 9.17) is 0 Å². The third kappa shape index (κ3) is 2.16. The minimum absolute atomic E-state index is 0.0603. The van der Waals surface area contributed by atoms with Gasteiger partial charge < -0.3 is 9.80 Å². The number of para-hydroxylation sites is 1. The molecule has 1 saturated heterocycles. The predicted molar refractivity (Wildman–Crippen MR) is 78.9 cm³/mol. The number of benzene rings is 1. The zero-order valence-electron chi connectivity index (χ0n) is 12.4. The Hall–Kier alpha value is -2.37. The van der Waals surface area contributed by atoms with Crippen LogP contribution in [0.4, 0.5) is 0 Å². The van der Waals surface area contributed by atoms with Crippen LogP contribution in [0, 0.1) is 12.8 Å². The molecule has 1 aromatic carbocycles. The molecule has 0 spiro atoms. The average molecular weight is 286 g/mol. The van der Waals surface area contributed by atoms with E-state index in [9.17, 15) is 9.59 Å². The zero-order valence-corrected chi connectivity index (χ0v) is 12.4. The van der Waals surface area contributed by atoms with Gasteiger partial charge in [0, 0.05) is 38.3 Å². The van der Waals surface area contributed by atoms with E-state index in [1.54, 1.807) is 30.0 Å². The Kier molecular flexibility index (Phi) is 3.16. The van der Waals surface area contributed by atoms with Crippen LogP contribution in [0.2, 0.25) is 0 Å². The minimum Gasteiger partial charge on any atom is -0.348 e. The van der Waals surface area contributed by atoms with Crippen LogP contribution in [0.3, 0.4) is 0 Å². The van der Waals surface area contributed by atoms with Crippen molar-refractivity contribution in [2.24, 2.45) is 5.92 Å². The highest BCUT2D eigenvalue weighted by Gasteiger charge is 2.37. The number of nitrogens with zero attached hydrogens (tertiary/aromatic N) is 3.